The van der Waals surface area contributed by atoms with Gasteiger partial charge in [-0.25, -0.2) is 0 Å². The Morgan fingerprint density at radius 3 is 2.45 bits per heavy atom. The van der Waals surface area contributed by atoms with Crippen molar-refractivity contribution in [1.29, 1.82) is 0 Å². The minimum absolute atomic E-state index is 0.879. The van der Waals surface area contributed by atoms with Crippen molar-refractivity contribution in [3.05, 3.63) is 83.4 Å². The summed E-state index contributed by atoms with van der Waals surface area (Å²) in [5, 5.41) is 3.55. The van der Waals surface area contributed by atoms with Crippen molar-refractivity contribution >= 4 is 11.4 Å². The second kappa shape index (κ2) is 5.23. The number of anilines is 2. The maximum absolute atomic E-state index is 6.05. The molecule has 0 unspecified atom stereocenters. The van der Waals surface area contributed by atoms with Crippen molar-refractivity contribution in [1.82, 2.24) is 0 Å². The van der Waals surface area contributed by atoms with Crippen molar-refractivity contribution in [3.8, 4) is 11.5 Å². The fraction of sp³-hybridized carbons (Fsp3) is 0.100. The molecule has 0 atom stereocenters. The zero-order chi connectivity index (χ0) is 14.9. The lowest BCUT2D eigenvalue weighted by molar-refractivity contribution is 0.480. The predicted octanol–water partition coefficient (Wildman–Crippen LogP) is 5.44. The molecule has 1 aliphatic rings. The van der Waals surface area contributed by atoms with Crippen LogP contribution >= 0.6 is 0 Å². The number of hydrogen-bond acceptors (Lipinski definition) is 2. The van der Waals surface area contributed by atoms with Gasteiger partial charge in [0, 0.05) is 0 Å². The molecule has 0 fully saturated rings. The second-order valence-electron chi connectivity index (χ2n) is 5.62. The number of fused-ring (bicyclic) bond motifs is 2. The van der Waals surface area contributed by atoms with E-state index in [9.17, 15) is 0 Å². The summed E-state index contributed by atoms with van der Waals surface area (Å²) in [5.74, 6) is 1.78. The molecule has 0 aromatic heterocycles. The number of benzene rings is 3. The topological polar surface area (TPSA) is 21.3 Å². The van der Waals surface area contributed by atoms with Gasteiger partial charge in [0.2, 0.25) is 0 Å². The zero-order valence-electron chi connectivity index (χ0n) is 12.5. The summed E-state index contributed by atoms with van der Waals surface area (Å²) < 4.78 is 6.05. The van der Waals surface area contributed by atoms with E-state index in [4.69, 9.17) is 4.74 Å². The van der Waals surface area contributed by atoms with E-state index in [1.165, 1.54) is 16.7 Å². The number of nitrogens with one attached hydrogen (secondary N) is 1. The smallest absolute Gasteiger partial charge is 0.151 e. The summed E-state index contributed by atoms with van der Waals surface area (Å²) in [5.41, 5.74) is 5.98. The normalized spacial score (nSPS) is 11.9. The number of ether oxygens (including phenoxy) is 1. The molecule has 108 valence electrons. The monoisotopic (exact) mass is 287 g/mol. The van der Waals surface area contributed by atoms with Crippen molar-refractivity contribution in [3.63, 3.8) is 0 Å². The summed E-state index contributed by atoms with van der Waals surface area (Å²) >= 11 is 0. The minimum atomic E-state index is 0.879. The van der Waals surface area contributed by atoms with E-state index >= 15 is 0 Å². The fourth-order valence-electron chi connectivity index (χ4n) is 2.89. The lowest BCUT2D eigenvalue weighted by atomic mass is 9.97. The first-order valence-corrected chi connectivity index (χ1v) is 7.51. The van der Waals surface area contributed by atoms with Gasteiger partial charge in [-0.1, -0.05) is 48.5 Å². The molecule has 0 saturated heterocycles. The van der Waals surface area contributed by atoms with E-state index in [2.05, 4.69) is 48.6 Å². The first kappa shape index (κ1) is 13.0. The van der Waals surface area contributed by atoms with Gasteiger partial charge in [-0.05, 0) is 48.2 Å². The molecule has 0 bridgehead atoms. The number of para-hydroxylation sites is 2. The third kappa shape index (κ3) is 2.23. The van der Waals surface area contributed by atoms with Gasteiger partial charge < -0.3 is 10.1 Å². The molecular weight excluding hydrogens is 270 g/mol. The molecule has 22 heavy (non-hydrogen) atoms. The van der Waals surface area contributed by atoms with Crippen LogP contribution in [0.4, 0.5) is 11.4 Å². The van der Waals surface area contributed by atoms with Gasteiger partial charge in [0.25, 0.3) is 0 Å². The maximum Gasteiger partial charge on any atom is 0.151 e. The molecule has 0 saturated carbocycles. The van der Waals surface area contributed by atoms with E-state index in [1.54, 1.807) is 0 Å². The summed E-state index contributed by atoms with van der Waals surface area (Å²) in [6, 6.07) is 22.8. The third-order valence-electron chi connectivity index (χ3n) is 4.10. The van der Waals surface area contributed by atoms with Crippen LogP contribution in [0.2, 0.25) is 0 Å². The second-order valence-corrected chi connectivity index (χ2v) is 5.62. The van der Waals surface area contributed by atoms with Crippen LogP contribution in [-0.2, 0) is 6.42 Å². The molecule has 0 spiro atoms. The molecule has 1 aliphatic heterocycles. The summed E-state index contributed by atoms with van der Waals surface area (Å²) in [6.45, 7) is 2.15. The molecule has 4 rings (SSSR count). The van der Waals surface area contributed by atoms with Crippen LogP contribution in [-0.4, -0.2) is 0 Å². The largest absolute Gasteiger partial charge is 0.453 e. The van der Waals surface area contributed by atoms with Gasteiger partial charge in [-0.2, -0.15) is 0 Å². The van der Waals surface area contributed by atoms with Gasteiger partial charge >= 0.3 is 0 Å². The molecule has 3 aromatic carbocycles. The lowest BCUT2D eigenvalue weighted by Crippen LogP contribution is -2.07. The Morgan fingerprint density at radius 2 is 1.59 bits per heavy atom. The van der Waals surface area contributed by atoms with Crippen molar-refractivity contribution in [2.75, 3.05) is 5.32 Å². The first-order chi connectivity index (χ1) is 10.8. The van der Waals surface area contributed by atoms with Crippen LogP contribution in [0.1, 0.15) is 16.7 Å². The van der Waals surface area contributed by atoms with Crippen molar-refractivity contribution in [2.24, 2.45) is 0 Å². The number of hydrogen-bond donors (Lipinski definition) is 1. The Labute approximate surface area is 130 Å². The standard InChI is InChI=1S/C20H17NO/c1-14-11-12-19-20(16(14)13-15-7-3-2-4-8-15)21-17-9-5-6-10-18(17)22-19/h2-12,21H,13H2,1H3. The summed E-state index contributed by atoms with van der Waals surface area (Å²) in [6.07, 6.45) is 0.897. The van der Waals surface area contributed by atoms with E-state index in [1.807, 2.05) is 30.3 Å². The summed E-state index contributed by atoms with van der Waals surface area (Å²) in [4.78, 5) is 0. The van der Waals surface area contributed by atoms with Gasteiger partial charge in [-0.15, -0.1) is 0 Å². The molecule has 2 heteroatoms. The Balaban J connectivity index is 1.78. The van der Waals surface area contributed by atoms with Crippen LogP contribution < -0.4 is 10.1 Å². The number of aryl methyl sites for hydroxylation is 1. The first-order valence-electron chi connectivity index (χ1n) is 7.51. The SMILES string of the molecule is Cc1ccc2c(c1Cc1ccccc1)Nc1ccccc1O2. The van der Waals surface area contributed by atoms with Crippen LogP contribution in [0.25, 0.3) is 0 Å². The molecule has 0 radical (unpaired) electrons. The Bertz CT molecular complexity index is 821. The van der Waals surface area contributed by atoms with E-state index in [0.29, 0.717) is 0 Å². The highest BCUT2D eigenvalue weighted by molar-refractivity contribution is 5.79. The molecule has 1 N–H and O–H groups in total. The predicted molar refractivity (Wildman–Crippen MR) is 90.2 cm³/mol. The van der Waals surface area contributed by atoms with E-state index in [0.717, 1.165) is 29.3 Å². The Kier molecular flexibility index (Phi) is 3.08. The highest BCUT2D eigenvalue weighted by Gasteiger charge is 2.20. The van der Waals surface area contributed by atoms with Gasteiger partial charge in [0.15, 0.2) is 11.5 Å². The molecule has 0 amide bonds. The fourth-order valence-corrected chi connectivity index (χ4v) is 2.89. The maximum atomic E-state index is 6.05. The van der Waals surface area contributed by atoms with Crippen LogP contribution in [0.5, 0.6) is 11.5 Å². The van der Waals surface area contributed by atoms with Crippen LogP contribution in [0.3, 0.4) is 0 Å². The average Bonchev–Trinajstić information content (AvgIpc) is 2.57. The summed E-state index contributed by atoms with van der Waals surface area (Å²) in [7, 11) is 0. The van der Waals surface area contributed by atoms with Gasteiger partial charge in [0.05, 0.1) is 11.4 Å². The lowest BCUT2D eigenvalue weighted by Gasteiger charge is -2.25. The molecule has 3 aromatic rings. The molecule has 0 aliphatic carbocycles. The van der Waals surface area contributed by atoms with Crippen molar-refractivity contribution in [2.45, 2.75) is 13.3 Å². The minimum Gasteiger partial charge on any atom is -0.453 e. The zero-order valence-corrected chi connectivity index (χ0v) is 12.5. The average molecular weight is 287 g/mol. The Hall–Kier alpha value is -2.74. The highest BCUT2D eigenvalue weighted by atomic mass is 16.5. The van der Waals surface area contributed by atoms with Crippen LogP contribution in [0.15, 0.2) is 66.7 Å². The van der Waals surface area contributed by atoms with E-state index < -0.39 is 0 Å². The molecule has 1 heterocycles. The quantitative estimate of drug-likeness (QED) is 0.530. The van der Waals surface area contributed by atoms with Gasteiger partial charge in [-0.3, -0.25) is 0 Å². The third-order valence-corrected chi connectivity index (χ3v) is 4.10. The molecular formula is C20H17NO. The van der Waals surface area contributed by atoms with Crippen LogP contribution in [0, 0.1) is 6.92 Å². The Morgan fingerprint density at radius 1 is 0.818 bits per heavy atom. The number of rotatable bonds is 2. The highest BCUT2D eigenvalue weighted by Crippen LogP contribution is 2.44. The van der Waals surface area contributed by atoms with E-state index in [-0.39, 0.29) is 0 Å². The van der Waals surface area contributed by atoms with Crippen molar-refractivity contribution < 1.29 is 4.74 Å². The van der Waals surface area contributed by atoms with Gasteiger partial charge in [0.1, 0.15) is 0 Å². The molecule has 2 nitrogen and oxygen atoms in total.